The minimum Gasteiger partial charge on any atom is -0.320 e. The Morgan fingerprint density at radius 1 is 1.00 bits per heavy atom. The van der Waals surface area contributed by atoms with E-state index in [1.165, 1.54) is 6.07 Å². The fourth-order valence-electron chi connectivity index (χ4n) is 2.68. The van der Waals surface area contributed by atoms with Crippen molar-refractivity contribution in [3.05, 3.63) is 81.6 Å². The highest BCUT2D eigenvalue weighted by molar-refractivity contribution is 9.10. The van der Waals surface area contributed by atoms with Crippen LogP contribution >= 0.6 is 15.9 Å². The Balaban J connectivity index is 2.18. The quantitative estimate of drug-likeness (QED) is 0.688. The summed E-state index contributed by atoms with van der Waals surface area (Å²) in [5, 5.41) is 1.47. The van der Waals surface area contributed by atoms with E-state index in [0.717, 1.165) is 26.5 Å². The topological polar surface area (TPSA) is 26.0 Å². The van der Waals surface area contributed by atoms with E-state index in [4.69, 9.17) is 5.73 Å². The summed E-state index contributed by atoms with van der Waals surface area (Å²) in [7, 11) is 0. The van der Waals surface area contributed by atoms with E-state index in [-0.39, 0.29) is 11.9 Å². The monoisotopic (exact) mass is 343 g/mol. The molecule has 0 fully saturated rings. The van der Waals surface area contributed by atoms with Crippen molar-refractivity contribution >= 4 is 26.7 Å². The summed E-state index contributed by atoms with van der Waals surface area (Å²) in [5.41, 5.74) is 9.51. The minimum atomic E-state index is -0.285. The maximum Gasteiger partial charge on any atom is 0.131 e. The number of halogens is 2. The molecular weight excluding hydrogens is 329 g/mol. The maximum absolute atomic E-state index is 13.9. The Morgan fingerprint density at radius 3 is 2.43 bits per heavy atom. The number of hydrogen-bond acceptors (Lipinski definition) is 1. The molecule has 1 unspecified atom stereocenters. The zero-order valence-electron chi connectivity index (χ0n) is 11.6. The van der Waals surface area contributed by atoms with Gasteiger partial charge in [0, 0.05) is 9.86 Å². The van der Waals surface area contributed by atoms with Crippen LogP contribution in [0.3, 0.4) is 0 Å². The summed E-state index contributed by atoms with van der Waals surface area (Å²) in [6.45, 7) is 2.03. The third kappa shape index (κ3) is 2.71. The van der Waals surface area contributed by atoms with Crippen LogP contribution in [0, 0.1) is 12.7 Å². The second kappa shape index (κ2) is 5.58. The SMILES string of the molecule is Cc1cc(Br)cc(C(N)c2ccc(F)c3ccccc23)c1. The number of fused-ring (bicyclic) bond motifs is 1. The van der Waals surface area contributed by atoms with Crippen LogP contribution in [0.15, 0.2) is 59.1 Å². The predicted molar refractivity (Wildman–Crippen MR) is 88.8 cm³/mol. The van der Waals surface area contributed by atoms with Gasteiger partial charge in [-0.1, -0.05) is 52.3 Å². The standard InChI is InChI=1S/C18H15BrFN/c1-11-8-12(10-13(19)9-11)18(21)16-6-7-17(20)15-5-3-2-4-14(15)16/h2-10,18H,21H2,1H3. The Kier molecular flexibility index (Phi) is 3.79. The van der Waals surface area contributed by atoms with Crippen molar-refractivity contribution in [3.63, 3.8) is 0 Å². The zero-order chi connectivity index (χ0) is 15.0. The summed E-state index contributed by atoms with van der Waals surface area (Å²) in [4.78, 5) is 0. The van der Waals surface area contributed by atoms with Gasteiger partial charge in [-0.15, -0.1) is 0 Å². The lowest BCUT2D eigenvalue weighted by Crippen LogP contribution is -2.12. The van der Waals surface area contributed by atoms with Crippen LogP contribution in [0.4, 0.5) is 4.39 Å². The van der Waals surface area contributed by atoms with Crippen molar-refractivity contribution in [2.75, 3.05) is 0 Å². The summed E-state index contributed by atoms with van der Waals surface area (Å²) >= 11 is 3.50. The molecule has 106 valence electrons. The van der Waals surface area contributed by atoms with Crippen LogP contribution in [0.1, 0.15) is 22.7 Å². The molecular formula is C18H15BrFN. The molecule has 0 radical (unpaired) electrons. The first-order valence-electron chi connectivity index (χ1n) is 6.76. The molecule has 0 heterocycles. The molecule has 3 heteroatoms. The molecule has 21 heavy (non-hydrogen) atoms. The molecule has 3 rings (SSSR count). The lowest BCUT2D eigenvalue weighted by molar-refractivity contribution is 0.639. The second-order valence-corrected chi connectivity index (χ2v) is 6.14. The van der Waals surface area contributed by atoms with E-state index in [0.29, 0.717) is 5.39 Å². The van der Waals surface area contributed by atoms with Crippen molar-refractivity contribution in [3.8, 4) is 0 Å². The predicted octanol–water partition coefficient (Wildman–Crippen LogP) is 5.10. The van der Waals surface area contributed by atoms with Crippen LogP contribution in [-0.2, 0) is 0 Å². The number of hydrogen-bond donors (Lipinski definition) is 1. The number of nitrogens with two attached hydrogens (primary N) is 1. The third-order valence-corrected chi connectivity index (χ3v) is 4.12. The van der Waals surface area contributed by atoms with E-state index in [9.17, 15) is 4.39 Å². The fraction of sp³-hybridized carbons (Fsp3) is 0.111. The molecule has 0 amide bonds. The molecule has 0 saturated carbocycles. The molecule has 1 atom stereocenters. The second-order valence-electron chi connectivity index (χ2n) is 5.22. The van der Waals surface area contributed by atoms with Crippen molar-refractivity contribution < 1.29 is 4.39 Å². The van der Waals surface area contributed by atoms with Crippen LogP contribution < -0.4 is 5.73 Å². The van der Waals surface area contributed by atoms with Crippen molar-refractivity contribution in [1.29, 1.82) is 0 Å². The maximum atomic E-state index is 13.9. The van der Waals surface area contributed by atoms with E-state index >= 15 is 0 Å². The van der Waals surface area contributed by atoms with Gasteiger partial charge in [0.25, 0.3) is 0 Å². The van der Waals surface area contributed by atoms with E-state index in [1.807, 2.05) is 37.3 Å². The van der Waals surface area contributed by atoms with Gasteiger partial charge < -0.3 is 5.73 Å². The average molecular weight is 344 g/mol. The van der Waals surface area contributed by atoms with Crippen LogP contribution in [0.2, 0.25) is 0 Å². The number of aryl methyl sites for hydroxylation is 1. The normalized spacial score (nSPS) is 12.6. The van der Waals surface area contributed by atoms with E-state index in [2.05, 4.69) is 22.0 Å². The molecule has 0 aliphatic carbocycles. The molecule has 0 bridgehead atoms. The highest BCUT2D eigenvalue weighted by atomic mass is 79.9. The van der Waals surface area contributed by atoms with Gasteiger partial charge in [-0.05, 0) is 47.2 Å². The van der Waals surface area contributed by atoms with Gasteiger partial charge in [-0.2, -0.15) is 0 Å². The molecule has 0 aliphatic rings. The molecule has 0 aromatic heterocycles. The summed E-state index contributed by atoms with van der Waals surface area (Å²) in [6.07, 6.45) is 0. The van der Waals surface area contributed by atoms with Gasteiger partial charge >= 0.3 is 0 Å². The molecule has 2 N–H and O–H groups in total. The Bertz CT molecular complexity index is 793. The largest absolute Gasteiger partial charge is 0.320 e. The zero-order valence-corrected chi connectivity index (χ0v) is 13.2. The lowest BCUT2D eigenvalue weighted by Gasteiger charge is -2.16. The highest BCUT2D eigenvalue weighted by Gasteiger charge is 2.14. The first kappa shape index (κ1) is 14.2. The summed E-state index contributed by atoms with van der Waals surface area (Å²) in [5.74, 6) is -0.216. The van der Waals surface area contributed by atoms with Crippen LogP contribution in [0.5, 0.6) is 0 Å². The number of rotatable bonds is 2. The third-order valence-electron chi connectivity index (χ3n) is 3.66. The summed E-state index contributed by atoms with van der Waals surface area (Å²) < 4.78 is 14.9. The highest BCUT2D eigenvalue weighted by Crippen LogP contribution is 2.30. The fourth-order valence-corrected chi connectivity index (χ4v) is 3.31. The Morgan fingerprint density at radius 2 is 1.71 bits per heavy atom. The molecule has 0 aliphatic heterocycles. The lowest BCUT2D eigenvalue weighted by atomic mass is 9.93. The van der Waals surface area contributed by atoms with Crippen LogP contribution in [0.25, 0.3) is 10.8 Å². The first-order valence-corrected chi connectivity index (χ1v) is 7.55. The number of benzene rings is 3. The van der Waals surface area contributed by atoms with Crippen molar-refractivity contribution in [2.24, 2.45) is 5.73 Å². The van der Waals surface area contributed by atoms with Gasteiger partial charge in [0.05, 0.1) is 6.04 Å². The van der Waals surface area contributed by atoms with Crippen LogP contribution in [-0.4, -0.2) is 0 Å². The molecule has 0 saturated heterocycles. The smallest absolute Gasteiger partial charge is 0.131 e. The minimum absolute atomic E-state index is 0.216. The van der Waals surface area contributed by atoms with Gasteiger partial charge in [-0.25, -0.2) is 4.39 Å². The Hall–Kier alpha value is -1.71. The Labute approximate surface area is 131 Å². The van der Waals surface area contributed by atoms with Gasteiger partial charge in [0.2, 0.25) is 0 Å². The van der Waals surface area contributed by atoms with Crippen molar-refractivity contribution in [2.45, 2.75) is 13.0 Å². The van der Waals surface area contributed by atoms with E-state index in [1.54, 1.807) is 12.1 Å². The van der Waals surface area contributed by atoms with Gasteiger partial charge in [-0.3, -0.25) is 0 Å². The van der Waals surface area contributed by atoms with Gasteiger partial charge in [0.1, 0.15) is 5.82 Å². The molecule has 3 aromatic carbocycles. The molecule has 3 aromatic rings. The van der Waals surface area contributed by atoms with E-state index < -0.39 is 0 Å². The molecule has 1 nitrogen and oxygen atoms in total. The van der Waals surface area contributed by atoms with Crippen molar-refractivity contribution in [1.82, 2.24) is 0 Å². The molecule has 0 spiro atoms. The average Bonchev–Trinajstić information content (AvgIpc) is 2.46. The first-order chi connectivity index (χ1) is 10.1. The summed E-state index contributed by atoms with van der Waals surface area (Å²) in [6, 6.07) is 16.5. The van der Waals surface area contributed by atoms with Gasteiger partial charge in [0.15, 0.2) is 0 Å².